The lowest BCUT2D eigenvalue weighted by molar-refractivity contribution is -0.184. The van der Waals surface area contributed by atoms with Gasteiger partial charge in [0.2, 0.25) is 0 Å². The molecule has 1 aliphatic heterocycles. The topological polar surface area (TPSA) is 43.4 Å². The van der Waals surface area contributed by atoms with Crippen molar-refractivity contribution in [2.45, 2.75) is 53.6 Å². The van der Waals surface area contributed by atoms with E-state index >= 15 is 0 Å². The molecule has 3 nitrogen and oxygen atoms in total. The Morgan fingerprint density at radius 1 is 1.44 bits per heavy atom. The molecule has 16 heavy (non-hydrogen) atoms. The first-order valence-corrected chi connectivity index (χ1v) is 5.40. The van der Waals surface area contributed by atoms with Crippen LogP contribution in [-0.2, 0) is 14.3 Å². The Hall–Kier alpha value is -1.12. The minimum absolute atomic E-state index is 0.0787. The predicted molar refractivity (Wildman–Crippen MR) is 66.2 cm³/mol. The number of ether oxygens (including phenoxy) is 1. The first-order chi connectivity index (χ1) is 7.10. The normalized spacial score (nSPS) is 15.6. The molecule has 1 saturated heterocycles. The minimum Gasteiger partial charge on any atom is -0.459 e. The van der Waals surface area contributed by atoms with Crippen LogP contribution in [0.4, 0.5) is 0 Å². The van der Waals surface area contributed by atoms with Gasteiger partial charge in [-0.25, -0.2) is 0 Å². The average Bonchev–Trinajstić information content (AvgIpc) is 2.00. The fourth-order valence-electron chi connectivity index (χ4n) is 0.647. The molecule has 0 aromatic carbocycles. The first-order valence-electron chi connectivity index (χ1n) is 5.40. The molecule has 0 amide bonds. The monoisotopic (exact) mass is 228 g/mol. The first kappa shape index (κ1) is 17.3. The highest BCUT2D eigenvalue weighted by atomic mass is 16.6. The van der Waals surface area contributed by atoms with Crippen molar-refractivity contribution in [3.05, 3.63) is 12.2 Å². The molecule has 1 aliphatic rings. The number of esters is 1. The van der Waals surface area contributed by atoms with Gasteiger partial charge >= 0.3 is 5.97 Å². The van der Waals surface area contributed by atoms with Gasteiger partial charge < -0.3 is 9.53 Å². The third kappa shape index (κ3) is 15.4. The number of aldehydes is 1. The lowest BCUT2D eigenvalue weighted by atomic mass is 10.0. The molecular formula is C13H24O3. The van der Waals surface area contributed by atoms with Crippen LogP contribution in [-0.4, -0.2) is 17.9 Å². The molecule has 0 radical (unpaired) electrons. The van der Waals surface area contributed by atoms with Crippen LogP contribution in [0, 0.1) is 5.92 Å². The molecule has 0 aromatic rings. The molecule has 0 N–H and O–H groups in total. The van der Waals surface area contributed by atoms with Crippen molar-refractivity contribution in [2.24, 2.45) is 5.92 Å². The Morgan fingerprint density at radius 3 is 1.69 bits per heavy atom. The number of carbonyl (C=O) groups is 2. The van der Waals surface area contributed by atoms with Gasteiger partial charge in [-0.1, -0.05) is 19.4 Å². The van der Waals surface area contributed by atoms with Gasteiger partial charge in [-0.3, -0.25) is 4.79 Å². The molecule has 0 aromatic heterocycles. The van der Waals surface area contributed by atoms with Gasteiger partial charge in [-0.2, -0.15) is 0 Å². The molecule has 3 heteroatoms. The number of allylic oxidation sites excluding steroid dienone is 1. The van der Waals surface area contributed by atoms with Crippen LogP contribution >= 0.6 is 0 Å². The maximum atomic E-state index is 10.1. The van der Waals surface area contributed by atoms with Crippen molar-refractivity contribution in [3.63, 3.8) is 0 Å². The second kappa shape index (κ2) is 8.08. The van der Waals surface area contributed by atoms with Crippen LogP contribution in [0.15, 0.2) is 12.2 Å². The summed E-state index contributed by atoms with van der Waals surface area (Å²) in [5, 5.41) is 0. The van der Waals surface area contributed by atoms with Crippen LogP contribution in [0.25, 0.3) is 0 Å². The zero-order chi connectivity index (χ0) is 13.4. The number of rotatable bonds is 1. The molecule has 0 atom stereocenters. The second-order valence-corrected chi connectivity index (χ2v) is 5.00. The van der Waals surface area contributed by atoms with Gasteiger partial charge in [-0.05, 0) is 27.7 Å². The maximum absolute atomic E-state index is 10.1. The molecule has 1 heterocycles. The van der Waals surface area contributed by atoms with Crippen LogP contribution in [0.3, 0.4) is 0 Å². The summed E-state index contributed by atoms with van der Waals surface area (Å²) in [7, 11) is 0. The van der Waals surface area contributed by atoms with Gasteiger partial charge in [0.05, 0.1) is 6.42 Å². The van der Waals surface area contributed by atoms with Crippen molar-refractivity contribution < 1.29 is 14.3 Å². The average molecular weight is 228 g/mol. The van der Waals surface area contributed by atoms with Crippen molar-refractivity contribution in [1.29, 1.82) is 0 Å². The second-order valence-electron chi connectivity index (χ2n) is 5.00. The summed E-state index contributed by atoms with van der Waals surface area (Å²) in [6, 6.07) is 0. The predicted octanol–water partition coefficient (Wildman–Crippen LogP) is 3.14. The third-order valence-corrected chi connectivity index (χ3v) is 1.23. The summed E-state index contributed by atoms with van der Waals surface area (Å²) < 4.78 is 4.69. The van der Waals surface area contributed by atoms with Gasteiger partial charge in [0.1, 0.15) is 11.9 Å². The standard InChI is InChI=1S/C5H8O2.C4H8O.C4H8/c1-5(2)3-4(6)7-5;1-4(2)3-5;1-4(2)3/h3H2,1-2H3;3-4H,1-2H3;1H2,2-3H3. The highest BCUT2D eigenvalue weighted by Gasteiger charge is 2.36. The van der Waals surface area contributed by atoms with Crippen LogP contribution < -0.4 is 0 Å². The zero-order valence-electron chi connectivity index (χ0n) is 11.3. The molecular weight excluding hydrogens is 204 g/mol. The molecule has 0 unspecified atom stereocenters. The van der Waals surface area contributed by atoms with E-state index < -0.39 is 0 Å². The molecule has 0 aliphatic carbocycles. The van der Waals surface area contributed by atoms with Crippen LogP contribution in [0.2, 0.25) is 0 Å². The summed E-state index contributed by atoms with van der Waals surface area (Å²) in [6.07, 6.45) is 1.49. The minimum atomic E-state index is -0.156. The van der Waals surface area contributed by atoms with Gasteiger partial charge in [0.25, 0.3) is 0 Å². The Kier molecular flexibility index (Phi) is 8.73. The van der Waals surface area contributed by atoms with E-state index in [-0.39, 0.29) is 17.5 Å². The summed E-state index contributed by atoms with van der Waals surface area (Å²) in [5.74, 6) is 0.125. The number of carbonyl (C=O) groups excluding carboxylic acids is 2. The highest BCUT2D eigenvalue weighted by Crippen LogP contribution is 2.25. The summed E-state index contributed by atoms with van der Waals surface area (Å²) in [4.78, 5) is 19.6. The van der Waals surface area contributed by atoms with Gasteiger partial charge in [0.15, 0.2) is 0 Å². The molecule has 0 spiro atoms. The van der Waals surface area contributed by atoms with Crippen LogP contribution in [0.1, 0.15) is 48.0 Å². The van der Waals surface area contributed by atoms with E-state index in [0.29, 0.717) is 6.42 Å². The van der Waals surface area contributed by atoms with Gasteiger partial charge in [0, 0.05) is 5.92 Å². The molecule has 1 rings (SSSR count). The van der Waals surface area contributed by atoms with E-state index in [2.05, 4.69) is 11.3 Å². The van der Waals surface area contributed by atoms with E-state index in [0.717, 1.165) is 6.29 Å². The third-order valence-electron chi connectivity index (χ3n) is 1.23. The van der Waals surface area contributed by atoms with Crippen molar-refractivity contribution in [3.8, 4) is 0 Å². The quantitative estimate of drug-likeness (QED) is 0.393. The Morgan fingerprint density at radius 2 is 1.69 bits per heavy atom. The van der Waals surface area contributed by atoms with E-state index in [4.69, 9.17) is 0 Å². The molecule has 94 valence electrons. The number of hydrogen-bond acceptors (Lipinski definition) is 3. The van der Waals surface area contributed by atoms with Crippen molar-refractivity contribution in [1.82, 2.24) is 0 Å². The lowest BCUT2D eigenvalue weighted by Gasteiger charge is -2.32. The summed E-state index contributed by atoms with van der Waals surface area (Å²) in [5.41, 5.74) is 1.01. The fraction of sp³-hybridized carbons (Fsp3) is 0.692. The smallest absolute Gasteiger partial charge is 0.310 e. The lowest BCUT2D eigenvalue weighted by Crippen LogP contribution is -2.41. The number of hydrogen-bond donors (Lipinski definition) is 0. The highest BCUT2D eigenvalue weighted by molar-refractivity contribution is 5.76. The number of cyclic esters (lactones) is 1. The van der Waals surface area contributed by atoms with Crippen molar-refractivity contribution >= 4 is 12.3 Å². The Labute approximate surface area is 98.9 Å². The van der Waals surface area contributed by atoms with E-state index in [1.807, 2.05) is 41.5 Å². The molecule has 0 bridgehead atoms. The largest absolute Gasteiger partial charge is 0.459 e. The van der Waals surface area contributed by atoms with Crippen molar-refractivity contribution in [2.75, 3.05) is 0 Å². The molecule has 0 saturated carbocycles. The fourth-order valence-corrected chi connectivity index (χ4v) is 0.647. The molecule has 1 fully saturated rings. The van der Waals surface area contributed by atoms with E-state index in [9.17, 15) is 9.59 Å². The van der Waals surface area contributed by atoms with Gasteiger partial charge in [-0.15, -0.1) is 6.58 Å². The van der Waals surface area contributed by atoms with Crippen LogP contribution in [0.5, 0.6) is 0 Å². The maximum Gasteiger partial charge on any atom is 0.310 e. The van der Waals surface area contributed by atoms with E-state index in [1.54, 1.807) is 0 Å². The zero-order valence-corrected chi connectivity index (χ0v) is 11.3. The van der Waals surface area contributed by atoms with E-state index in [1.165, 1.54) is 5.57 Å². The SMILES string of the molecule is C=C(C)C.CC(C)C=O.CC1(C)CC(=O)O1. The summed E-state index contributed by atoms with van der Waals surface area (Å²) in [6.45, 7) is 15.0. The Bertz CT molecular complexity index is 226. The Balaban J connectivity index is 0. The summed E-state index contributed by atoms with van der Waals surface area (Å²) >= 11 is 0.